The van der Waals surface area contributed by atoms with Gasteiger partial charge in [-0.2, -0.15) is 0 Å². The van der Waals surface area contributed by atoms with Crippen molar-refractivity contribution >= 4 is 14.2 Å². The molecule has 0 amide bonds. The van der Waals surface area contributed by atoms with Gasteiger partial charge in [-0.3, -0.25) is 4.79 Å². The number of methoxy groups -OCH3 is 1. The van der Waals surface area contributed by atoms with Crippen molar-refractivity contribution in [1.29, 1.82) is 0 Å². The van der Waals surface area contributed by atoms with Crippen LogP contribution < -0.4 is 4.98 Å². The molecule has 0 saturated carbocycles. The van der Waals surface area contributed by atoms with Gasteiger partial charge in [-0.15, -0.1) is 0 Å². The summed E-state index contributed by atoms with van der Waals surface area (Å²) in [5.41, 5.74) is 0. The van der Waals surface area contributed by atoms with Crippen LogP contribution in [0.4, 0.5) is 0 Å². The molecule has 0 aliphatic carbocycles. The van der Waals surface area contributed by atoms with Crippen LogP contribution in [0.3, 0.4) is 0 Å². The van der Waals surface area contributed by atoms with Gasteiger partial charge in [0.25, 0.3) is 0 Å². The van der Waals surface area contributed by atoms with Crippen LogP contribution in [-0.4, -0.2) is 27.4 Å². The summed E-state index contributed by atoms with van der Waals surface area (Å²) in [5.74, 6) is 0.122. The van der Waals surface area contributed by atoms with E-state index in [-0.39, 0.29) is 17.9 Å². The van der Waals surface area contributed by atoms with Crippen LogP contribution >= 0.6 is 0 Å². The maximum Gasteiger partial charge on any atom is 0.322 e. The molecule has 0 aromatic rings. The van der Waals surface area contributed by atoms with Crippen molar-refractivity contribution in [2.75, 3.05) is 7.11 Å². The largest absolute Gasteiger partial charge is 0.468 e. The fourth-order valence-corrected chi connectivity index (χ4v) is 2.48. The highest BCUT2D eigenvalue weighted by molar-refractivity contribution is 6.73. The molecule has 13 heavy (non-hydrogen) atoms. The van der Waals surface area contributed by atoms with Crippen LogP contribution in [0.5, 0.6) is 0 Å². The number of esters is 1. The molecule has 0 radical (unpaired) electrons. The number of rotatable bonds is 4. The zero-order chi connectivity index (χ0) is 10.6. The number of ether oxygens (including phenoxy) is 1. The number of hydrogen-bond donors (Lipinski definition) is 1. The van der Waals surface area contributed by atoms with E-state index >= 15 is 0 Å². The fraction of sp³-hybridized carbons (Fsp3) is 0.889. The number of hydrogen-bond acceptors (Lipinski definition) is 3. The molecule has 0 rings (SSSR count). The molecule has 78 valence electrons. The maximum atomic E-state index is 11.4. The predicted molar refractivity (Wildman–Crippen MR) is 57.1 cm³/mol. The molecule has 0 saturated heterocycles. The van der Waals surface area contributed by atoms with Crippen molar-refractivity contribution in [2.24, 2.45) is 5.92 Å². The Hall–Kier alpha value is -0.353. The highest BCUT2D eigenvalue weighted by atomic mass is 28.3. The lowest BCUT2D eigenvalue weighted by atomic mass is 10.1. The molecule has 0 aromatic carbocycles. The van der Waals surface area contributed by atoms with E-state index in [9.17, 15) is 4.79 Å². The summed E-state index contributed by atoms with van der Waals surface area (Å²) in [6.45, 7) is 10.6. The summed E-state index contributed by atoms with van der Waals surface area (Å²) < 4.78 is 4.74. The first-order chi connectivity index (χ1) is 5.78. The Balaban J connectivity index is 4.36. The second-order valence-electron chi connectivity index (χ2n) is 4.64. The van der Waals surface area contributed by atoms with Gasteiger partial charge in [0.15, 0.2) is 0 Å². The number of carbonyl (C=O) groups is 1. The van der Waals surface area contributed by atoms with Crippen molar-refractivity contribution in [2.45, 2.75) is 39.5 Å². The van der Waals surface area contributed by atoms with Crippen molar-refractivity contribution in [3.05, 3.63) is 0 Å². The third-order valence-corrected chi connectivity index (χ3v) is 2.89. The van der Waals surface area contributed by atoms with E-state index in [0.717, 1.165) is 0 Å². The summed E-state index contributed by atoms with van der Waals surface area (Å²) in [6.07, 6.45) is 0. The topological polar surface area (TPSA) is 38.3 Å². The van der Waals surface area contributed by atoms with Gasteiger partial charge in [0, 0.05) is 0 Å². The molecule has 0 aliphatic heterocycles. The summed E-state index contributed by atoms with van der Waals surface area (Å²) in [7, 11) is 0.0212. The Morgan fingerprint density at radius 3 is 2.00 bits per heavy atom. The van der Waals surface area contributed by atoms with E-state index in [0.29, 0.717) is 0 Å². The van der Waals surface area contributed by atoms with E-state index in [1.54, 1.807) is 0 Å². The zero-order valence-electron chi connectivity index (χ0n) is 9.47. The monoisotopic (exact) mass is 203 g/mol. The zero-order valence-corrected chi connectivity index (χ0v) is 10.5. The molecule has 0 aliphatic rings. The number of nitrogens with one attached hydrogen (secondary N) is 1. The summed E-state index contributed by atoms with van der Waals surface area (Å²) in [4.78, 5) is 14.7. The van der Waals surface area contributed by atoms with Gasteiger partial charge in [0.1, 0.15) is 14.3 Å². The van der Waals surface area contributed by atoms with E-state index in [4.69, 9.17) is 4.74 Å². The Bertz CT molecular complexity index is 175. The molecule has 0 aromatic heterocycles. The standard InChI is InChI=1S/C9H21NO2Si/c1-7(2)8(9(11)12-3)10-13(4,5)6/h7-8,10H,1-6H3/t8-/m0/s1. The van der Waals surface area contributed by atoms with Crippen LogP contribution in [0.15, 0.2) is 0 Å². The fourth-order valence-electron chi connectivity index (χ4n) is 1.09. The molecule has 1 N–H and O–H groups in total. The van der Waals surface area contributed by atoms with Gasteiger partial charge in [-0.05, 0) is 5.92 Å². The quantitative estimate of drug-likeness (QED) is 0.557. The SMILES string of the molecule is COC(=O)[C@@H](N[Si](C)(C)C)C(C)C. The molecule has 0 unspecified atom stereocenters. The minimum atomic E-state index is -1.41. The molecule has 0 spiro atoms. The first-order valence-electron chi connectivity index (χ1n) is 4.63. The second-order valence-corrected chi connectivity index (χ2v) is 9.43. The Morgan fingerprint density at radius 2 is 1.77 bits per heavy atom. The summed E-state index contributed by atoms with van der Waals surface area (Å²) in [6, 6.07) is -0.156. The molecule has 1 atom stereocenters. The lowest BCUT2D eigenvalue weighted by Gasteiger charge is -2.27. The third kappa shape index (κ3) is 5.05. The van der Waals surface area contributed by atoms with E-state index in [1.807, 2.05) is 13.8 Å². The van der Waals surface area contributed by atoms with Gasteiger partial charge in [0.05, 0.1) is 7.11 Å². The molecule has 3 nitrogen and oxygen atoms in total. The van der Waals surface area contributed by atoms with Crippen LogP contribution in [-0.2, 0) is 9.53 Å². The molecular weight excluding hydrogens is 182 g/mol. The minimum absolute atomic E-state index is 0.155. The van der Waals surface area contributed by atoms with Gasteiger partial charge in [-0.25, -0.2) is 0 Å². The lowest BCUT2D eigenvalue weighted by molar-refractivity contribution is -0.143. The van der Waals surface area contributed by atoms with Crippen LogP contribution in [0, 0.1) is 5.92 Å². The van der Waals surface area contributed by atoms with E-state index in [2.05, 4.69) is 24.6 Å². The number of carbonyl (C=O) groups excluding carboxylic acids is 1. The van der Waals surface area contributed by atoms with Crippen molar-refractivity contribution in [3.8, 4) is 0 Å². The van der Waals surface area contributed by atoms with Crippen LogP contribution in [0.1, 0.15) is 13.8 Å². The van der Waals surface area contributed by atoms with Crippen molar-refractivity contribution in [1.82, 2.24) is 4.98 Å². The average molecular weight is 203 g/mol. The highest BCUT2D eigenvalue weighted by Crippen LogP contribution is 2.07. The molecule has 4 heteroatoms. The Morgan fingerprint density at radius 1 is 1.31 bits per heavy atom. The third-order valence-electron chi connectivity index (χ3n) is 1.71. The first-order valence-corrected chi connectivity index (χ1v) is 8.13. The van der Waals surface area contributed by atoms with Gasteiger partial charge in [0.2, 0.25) is 0 Å². The normalized spacial score (nSPS) is 14.4. The predicted octanol–water partition coefficient (Wildman–Crippen LogP) is 1.61. The highest BCUT2D eigenvalue weighted by Gasteiger charge is 2.27. The van der Waals surface area contributed by atoms with Gasteiger partial charge in [-0.1, -0.05) is 33.5 Å². The van der Waals surface area contributed by atoms with Crippen LogP contribution in [0.25, 0.3) is 0 Å². The summed E-state index contributed by atoms with van der Waals surface area (Å²) >= 11 is 0. The Labute approximate surface area is 81.9 Å². The van der Waals surface area contributed by atoms with E-state index in [1.165, 1.54) is 7.11 Å². The molecule has 0 fully saturated rings. The maximum absolute atomic E-state index is 11.4. The van der Waals surface area contributed by atoms with Crippen molar-refractivity contribution in [3.63, 3.8) is 0 Å². The minimum Gasteiger partial charge on any atom is -0.468 e. The van der Waals surface area contributed by atoms with Gasteiger partial charge >= 0.3 is 5.97 Å². The lowest BCUT2D eigenvalue weighted by Crippen LogP contribution is -2.53. The average Bonchev–Trinajstić information content (AvgIpc) is 1.96. The van der Waals surface area contributed by atoms with Crippen molar-refractivity contribution < 1.29 is 9.53 Å². The van der Waals surface area contributed by atoms with Gasteiger partial charge < -0.3 is 9.72 Å². The Kier molecular flexibility index (Phi) is 4.63. The molecular formula is C9H21NO2Si. The molecule has 0 bridgehead atoms. The first kappa shape index (κ1) is 12.6. The smallest absolute Gasteiger partial charge is 0.322 e. The summed E-state index contributed by atoms with van der Waals surface area (Å²) in [5, 5.41) is 0. The van der Waals surface area contributed by atoms with E-state index < -0.39 is 8.24 Å². The second kappa shape index (κ2) is 4.76. The molecule has 0 heterocycles. The van der Waals surface area contributed by atoms with Crippen LogP contribution in [0.2, 0.25) is 19.6 Å².